The minimum absolute atomic E-state index is 0.0580. The van der Waals surface area contributed by atoms with E-state index >= 15 is 0 Å². The van der Waals surface area contributed by atoms with Crippen molar-refractivity contribution in [2.24, 2.45) is 0 Å². The minimum Gasteiger partial charge on any atom is -0.326 e. The number of rotatable bonds is 4. The van der Waals surface area contributed by atoms with E-state index in [1.54, 1.807) is 6.07 Å². The van der Waals surface area contributed by atoms with Crippen LogP contribution in [0.3, 0.4) is 0 Å². The second-order valence-corrected chi connectivity index (χ2v) is 4.77. The minimum atomic E-state index is -0.0580. The van der Waals surface area contributed by atoms with Gasteiger partial charge in [-0.1, -0.05) is 48.9 Å². The maximum Gasteiger partial charge on any atom is 0.228 e. The van der Waals surface area contributed by atoms with Crippen LogP contribution in [0.4, 0.5) is 5.69 Å². The normalized spacial score (nSPS) is 10.2. The third-order valence-electron chi connectivity index (χ3n) is 2.95. The predicted octanol–water partition coefficient (Wildman–Crippen LogP) is 4.08. The van der Waals surface area contributed by atoms with Gasteiger partial charge in [0.25, 0.3) is 0 Å². The van der Waals surface area contributed by atoms with E-state index in [0.717, 1.165) is 17.7 Å². The number of carbonyl (C=O) groups excluding carboxylic acids is 1. The van der Waals surface area contributed by atoms with Crippen LogP contribution in [0.25, 0.3) is 0 Å². The first-order valence-corrected chi connectivity index (χ1v) is 6.69. The molecule has 2 aromatic rings. The largest absolute Gasteiger partial charge is 0.326 e. The van der Waals surface area contributed by atoms with E-state index in [0.29, 0.717) is 5.02 Å². The topological polar surface area (TPSA) is 29.1 Å². The van der Waals surface area contributed by atoms with E-state index < -0.39 is 0 Å². The van der Waals surface area contributed by atoms with Crippen molar-refractivity contribution >= 4 is 23.2 Å². The van der Waals surface area contributed by atoms with Crippen LogP contribution in [0.15, 0.2) is 48.5 Å². The summed E-state index contributed by atoms with van der Waals surface area (Å²) in [6, 6.07) is 15.3. The summed E-state index contributed by atoms with van der Waals surface area (Å²) in [6.45, 7) is 2.10. The molecular formula is C16H16ClNO. The van der Waals surface area contributed by atoms with Crippen LogP contribution >= 0.6 is 11.6 Å². The number of hydrogen-bond acceptors (Lipinski definition) is 1. The molecule has 2 aromatic carbocycles. The smallest absolute Gasteiger partial charge is 0.228 e. The molecule has 19 heavy (non-hydrogen) atoms. The fourth-order valence-corrected chi connectivity index (χ4v) is 2.05. The number of benzene rings is 2. The zero-order valence-corrected chi connectivity index (χ0v) is 11.6. The molecule has 0 spiro atoms. The highest BCUT2D eigenvalue weighted by Gasteiger charge is 2.06. The lowest BCUT2D eigenvalue weighted by atomic mass is 10.1. The van der Waals surface area contributed by atoms with E-state index in [9.17, 15) is 4.79 Å². The maximum absolute atomic E-state index is 11.9. The lowest BCUT2D eigenvalue weighted by Gasteiger charge is -2.07. The van der Waals surface area contributed by atoms with E-state index in [-0.39, 0.29) is 12.3 Å². The summed E-state index contributed by atoms with van der Waals surface area (Å²) < 4.78 is 0. The molecular weight excluding hydrogens is 258 g/mol. The lowest BCUT2D eigenvalue weighted by molar-refractivity contribution is -0.115. The summed E-state index contributed by atoms with van der Waals surface area (Å²) in [5, 5.41) is 3.50. The molecule has 2 nitrogen and oxygen atoms in total. The molecule has 98 valence electrons. The molecule has 1 amide bonds. The Kier molecular flexibility index (Phi) is 4.58. The van der Waals surface area contributed by atoms with Crippen LogP contribution in [0, 0.1) is 0 Å². The van der Waals surface area contributed by atoms with Gasteiger partial charge in [-0.15, -0.1) is 0 Å². The van der Waals surface area contributed by atoms with Gasteiger partial charge in [0.2, 0.25) is 5.91 Å². The first-order chi connectivity index (χ1) is 9.19. The van der Waals surface area contributed by atoms with Crippen molar-refractivity contribution in [3.8, 4) is 0 Å². The van der Waals surface area contributed by atoms with Crippen molar-refractivity contribution < 1.29 is 4.79 Å². The Hall–Kier alpha value is -1.80. The number of halogens is 1. The molecule has 0 unspecified atom stereocenters. The highest BCUT2D eigenvalue weighted by molar-refractivity contribution is 6.31. The molecule has 0 aliphatic carbocycles. The summed E-state index contributed by atoms with van der Waals surface area (Å²) in [5.41, 5.74) is 2.91. The zero-order valence-electron chi connectivity index (χ0n) is 10.8. The number of amides is 1. The Labute approximate surface area is 118 Å². The fraction of sp³-hybridized carbons (Fsp3) is 0.188. The standard InChI is InChI=1S/C16H16ClNO/c1-2-12-7-9-14(10-8-12)18-16(19)11-13-5-3-4-6-15(13)17/h3-10H,2,11H2,1H3,(H,18,19). The molecule has 0 bridgehead atoms. The average Bonchev–Trinajstić information content (AvgIpc) is 2.42. The van der Waals surface area contributed by atoms with Gasteiger partial charge in [-0.25, -0.2) is 0 Å². The maximum atomic E-state index is 11.9. The van der Waals surface area contributed by atoms with Crippen molar-refractivity contribution in [2.75, 3.05) is 5.32 Å². The highest BCUT2D eigenvalue weighted by atomic mass is 35.5. The van der Waals surface area contributed by atoms with Gasteiger partial charge < -0.3 is 5.32 Å². The molecule has 0 heterocycles. The molecule has 0 fully saturated rings. The SMILES string of the molecule is CCc1ccc(NC(=O)Cc2ccccc2Cl)cc1. The summed E-state index contributed by atoms with van der Waals surface area (Å²) >= 11 is 6.03. The lowest BCUT2D eigenvalue weighted by Crippen LogP contribution is -2.14. The van der Waals surface area contributed by atoms with E-state index in [2.05, 4.69) is 12.2 Å². The van der Waals surface area contributed by atoms with E-state index in [1.165, 1.54) is 5.56 Å². The third-order valence-corrected chi connectivity index (χ3v) is 3.32. The molecule has 1 N–H and O–H groups in total. The van der Waals surface area contributed by atoms with Crippen molar-refractivity contribution in [2.45, 2.75) is 19.8 Å². The Morgan fingerprint density at radius 1 is 1.11 bits per heavy atom. The van der Waals surface area contributed by atoms with Gasteiger partial charge in [0.1, 0.15) is 0 Å². The van der Waals surface area contributed by atoms with E-state index in [4.69, 9.17) is 11.6 Å². The Bertz CT molecular complexity index is 563. The number of aryl methyl sites for hydroxylation is 1. The Morgan fingerprint density at radius 3 is 2.42 bits per heavy atom. The van der Waals surface area contributed by atoms with Gasteiger partial charge in [0.15, 0.2) is 0 Å². The van der Waals surface area contributed by atoms with Gasteiger partial charge in [-0.05, 0) is 35.7 Å². The number of anilines is 1. The Morgan fingerprint density at radius 2 is 1.79 bits per heavy atom. The first kappa shape index (κ1) is 13.6. The van der Waals surface area contributed by atoms with Crippen LogP contribution in [0.1, 0.15) is 18.1 Å². The number of carbonyl (C=O) groups is 1. The highest BCUT2D eigenvalue weighted by Crippen LogP contribution is 2.16. The van der Waals surface area contributed by atoms with Crippen LogP contribution in [-0.4, -0.2) is 5.91 Å². The second kappa shape index (κ2) is 6.39. The molecule has 0 aliphatic heterocycles. The number of hydrogen-bond donors (Lipinski definition) is 1. The fourth-order valence-electron chi connectivity index (χ4n) is 1.84. The second-order valence-electron chi connectivity index (χ2n) is 4.37. The van der Waals surface area contributed by atoms with Gasteiger partial charge in [0.05, 0.1) is 6.42 Å². The molecule has 0 saturated heterocycles. The zero-order chi connectivity index (χ0) is 13.7. The summed E-state index contributed by atoms with van der Waals surface area (Å²) in [7, 11) is 0. The predicted molar refractivity (Wildman–Crippen MR) is 79.6 cm³/mol. The average molecular weight is 274 g/mol. The molecule has 2 rings (SSSR count). The number of nitrogens with one attached hydrogen (secondary N) is 1. The van der Waals surface area contributed by atoms with Crippen molar-refractivity contribution in [3.63, 3.8) is 0 Å². The monoisotopic (exact) mass is 273 g/mol. The molecule has 3 heteroatoms. The van der Waals surface area contributed by atoms with E-state index in [1.807, 2.05) is 42.5 Å². The van der Waals surface area contributed by atoms with Crippen LogP contribution in [-0.2, 0) is 17.6 Å². The summed E-state index contributed by atoms with van der Waals surface area (Å²) in [6.07, 6.45) is 1.28. The molecule has 0 radical (unpaired) electrons. The van der Waals surface area contributed by atoms with Crippen LogP contribution in [0.2, 0.25) is 5.02 Å². The summed E-state index contributed by atoms with van der Waals surface area (Å²) in [5.74, 6) is -0.0580. The Balaban J connectivity index is 1.99. The molecule has 0 saturated carbocycles. The van der Waals surface area contributed by atoms with Crippen LogP contribution in [0.5, 0.6) is 0 Å². The van der Waals surface area contributed by atoms with Gasteiger partial charge >= 0.3 is 0 Å². The van der Waals surface area contributed by atoms with Crippen molar-refractivity contribution in [1.29, 1.82) is 0 Å². The van der Waals surface area contributed by atoms with Gasteiger partial charge in [0, 0.05) is 10.7 Å². The van der Waals surface area contributed by atoms with Gasteiger partial charge in [-0.3, -0.25) is 4.79 Å². The first-order valence-electron chi connectivity index (χ1n) is 6.31. The third kappa shape index (κ3) is 3.83. The molecule has 0 aromatic heterocycles. The quantitative estimate of drug-likeness (QED) is 0.893. The van der Waals surface area contributed by atoms with Gasteiger partial charge in [-0.2, -0.15) is 0 Å². The molecule has 0 atom stereocenters. The van der Waals surface area contributed by atoms with Crippen molar-refractivity contribution in [1.82, 2.24) is 0 Å². The molecule has 0 aliphatic rings. The summed E-state index contributed by atoms with van der Waals surface area (Å²) in [4.78, 5) is 11.9. The van der Waals surface area contributed by atoms with Crippen molar-refractivity contribution in [3.05, 3.63) is 64.7 Å². The van der Waals surface area contributed by atoms with Crippen LogP contribution < -0.4 is 5.32 Å².